The minimum Gasteiger partial charge on any atom is -0.379 e. The van der Waals surface area contributed by atoms with Crippen LogP contribution in [0, 0.1) is 5.82 Å². The van der Waals surface area contributed by atoms with Gasteiger partial charge in [0, 0.05) is 24.3 Å². The van der Waals surface area contributed by atoms with Crippen LogP contribution in [0.2, 0.25) is 0 Å². The molecule has 4 rings (SSSR count). The minimum absolute atomic E-state index is 0.158. The molecule has 1 aliphatic heterocycles. The Morgan fingerprint density at radius 1 is 0.969 bits per heavy atom. The number of carbonyl (C=O) groups is 1. The van der Waals surface area contributed by atoms with Gasteiger partial charge in [-0.05, 0) is 41.8 Å². The number of carbonyl (C=O) groups excluding carboxylic acids is 1. The standard InChI is InChI=1S/C24H23FN2O4S/c25-22-11-10-20(17-23(22)32(29,30)27-12-14-31-15-13-27)26-24(28)21-9-5-4-8-19(21)16-18-6-2-1-3-7-18/h1-11,17H,12-16H2,(H,26,28). The third kappa shape index (κ3) is 4.88. The second kappa shape index (κ2) is 9.60. The van der Waals surface area contributed by atoms with Crippen LogP contribution in [-0.4, -0.2) is 44.9 Å². The van der Waals surface area contributed by atoms with Gasteiger partial charge in [0.25, 0.3) is 5.91 Å². The van der Waals surface area contributed by atoms with Gasteiger partial charge in [-0.25, -0.2) is 12.8 Å². The molecule has 0 unspecified atom stereocenters. The fourth-order valence-electron chi connectivity index (χ4n) is 3.62. The van der Waals surface area contributed by atoms with E-state index in [-0.39, 0.29) is 32.0 Å². The zero-order valence-corrected chi connectivity index (χ0v) is 18.1. The number of benzene rings is 3. The predicted octanol–water partition coefficient (Wildman–Crippen LogP) is 3.69. The molecule has 0 spiro atoms. The second-order valence-corrected chi connectivity index (χ2v) is 9.34. The van der Waals surface area contributed by atoms with Crippen molar-refractivity contribution in [3.8, 4) is 0 Å². The lowest BCUT2D eigenvalue weighted by molar-refractivity contribution is 0.0729. The third-order valence-electron chi connectivity index (χ3n) is 5.28. The Balaban J connectivity index is 1.58. The Morgan fingerprint density at radius 3 is 2.41 bits per heavy atom. The number of sulfonamides is 1. The number of halogens is 1. The summed E-state index contributed by atoms with van der Waals surface area (Å²) in [6.45, 7) is 0.835. The first-order valence-electron chi connectivity index (χ1n) is 10.3. The van der Waals surface area contributed by atoms with Crippen molar-refractivity contribution in [1.29, 1.82) is 0 Å². The zero-order valence-electron chi connectivity index (χ0n) is 17.3. The fraction of sp³-hybridized carbons (Fsp3) is 0.208. The van der Waals surface area contributed by atoms with Crippen molar-refractivity contribution in [2.45, 2.75) is 11.3 Å². The first-order valence-corrected chi connectivity index (χ1v) is 11.7. The molecule has 0 aromatic heterocycles. The highest BCUT2D eigenvalue weighted by atomic mass is 32.2. The summed E-state index contributed by atoms with van der Waals surface area (Å²) in [4.78, 5) is 12.5. The molecule has 0 radical (unpaired) electrons. The molecule has 1 saturated heterocycles. The van der Waals surface area contributed by atoms with E-state index in [2.05, 4.69) is 5.32 Å². The Hall–Kier alpha value is -3.07. The molecule has 32 heavy (non-hydrogen) atoms. The number of morpholine rings is 1. The number of ether oxygens (including phenoxy) is 1. The van der Waals surface area contributed by atoms with E-state index < -0.39 is 26.6 Å². The van der Waals surface area contributed by atoms with Crippen molar-refractivity contribution < 1.29 is 22.3 Å². The van der Waals surface area contributed by atoms with Crippen LogP contribution in [0.3, 0.4) is 0 Å². The van der Waals surface area contributed by atoms with Crippen LogP contribution in [-0.2, 0) is 21.2 Å². The Bertz CT molecular complexity index is 1210. The summed E-state index contributed by atoms with van der Waals surface area (Å²) in [6.07, 6.45) is 0.574. The van der Waals surface area contributed by atoms with Crippen molar-refractivity contribution >= 4 is 21.6 Å². The maximum Gasteiger partial charge on any atom is 0.255 e. The highest BCUT2D eigenvalue weighted by Gasteiger charge is 2.29. The summed E-state index contributed by atoms with van der Waals surface area (Å²) >= 11 is 0. The van der Waals surface area contributed by atoms with E-state index in [1.165, 1.54) is 10.4 Å². The molecule has 166 valence electrons. The van der Waals surface area contributed by atoms with Crippen molar-refractivity contribution in [3.05, 3.63) is 95.3 Å². The van der Waals surface area contributed by atoms with Gasteiger partial charge in [0.1, 0.15) is 10.7 Å². The third-order valence-corrected chi connectivity index (χ3v) is 7.19. The van der Waals surface area contributed by atoms with E-state index in [1.807, 2.05) is 42.5 Å². The number of rotatable bonds is 6. The summed E-state index contributed by atoms with van der Waals surface area (Å²) < 4.78 is 46.6. The van der Waals surface area contributed by atoms with Crippen LogP contribution >= 0.6 is 0 Å². The molecule has 0 atom stereocenters. The van der Waals surface area contributed by atoms with Gasteiger partial charge >= 0.3 is 0 Å². The Morgan fingerprint density at radius 2 is 1.66 bits per heavy atom. The molecule has 1 heterocycles. The van der Waals surface area contributed by atoms with Crippen LogP contribution < -0.4 is 5.32 Å². The van der Waals surface area contributed by atoms with Gasteiger partial charge in [-0.1, -0.05) is 48.5 Å². The van der Waals surface area contributed by atoms with E-state index >= 15 is 0 Å². The number of hydrogen-bond donors (Lipinski definition) is 1. The molecule has 1 aliphatic rings. The summed E-state index contributed by atoms with van der Waals surface area (Å²) in [7, 11) is -4.04. The molecular weight excluding hydrogens is 431 g/mol. The molecule has 3 aromatic rings. The van der Waals surface area contributed by atoms with Gasteiger partial charge in [0.15, 0.2) is 0 Å². The van der Waals surface area contributed by atoms with Gasteiger partial charge < -0.3 is 10.1 Å². The van der Waals surface area contributed by atoms with E-state index in [0.717, 1.165) is 23.3 Å². The molecule has 1 fully saturated rings. The van der Waals surface area contributed by atoms with Crippen molar-refractivity contribution in [2.24, 2.45) is 0 Å². The molecule has 3 aromatic carbocycles. The zero-order chi connectivity index (χ0) is 22.6. The molecule has 0 saturated carbocycles. The largest absolute Gasteiger partial charge is 0.379 e. The smallest absolute Gasteiger partial charge is 0.255 e. The van der Waals surface area contributed by atoms with Crippen LogP contribution in [0.15, 0.2) is 77.7 Å². The summed E-state index contributed by atoms with van der Waals surface area (Å²) in [6, 6.07) is 20.6. The van der Waals surface area contributed by atoms with Crippen LogP contribution in [0.1, 0.15) is 21.5 Å². The van der Waals surface area contributed by atoms with Gasteiger partial charge in [-0.3, -0.25) is 4.79 Å². The van der Waals surface area contributed by atoms with Gasteiger partial charge in [0.2, 0.25) is 10.0 Å². The SMILES string of the molecule is O=C(Nc1ccc(F)c(S(=O)(=O)N2CCOCC2)c1)c1ccccc1Cc1ccccc1. The summed E-state index contributed by atoms with van der Waals surface area (Å²) in [5.74, 6) is -1.25. The van der Waals surface area contributed by atoms with Gasteiger partial charge in [-0.15, -0.1) is 0 Å². The highest BCUT2D eigenvalue weighted by molar-refractivity contribution is 7.89. The average molecular weight is 455 g/mol. The fourth-order valence-corrected chi connectivity index (χ4v) is 5.11. The highest BCUT2D eigenvalue weighted by Crippen LogP contribution is 2.25. The number of hydrogen-bond acceptors (Lipinski definition) is 4. The molecule has 0 aliphatic carbocycles. The number of amides is 1. The van der Waals surface area contributed by atoms with Crippen LogP contribution in [0.25, 0.3) is 0 Å². The van der Waals surface area contributed by atoms with Crippen LogP contribution in [0.4, 0.5) is 10.1 Å². The molecule has 8 heteroatoms. The first kappa shape index (κ1) is 22.1. The Labute approximate surface area is 186 Å². The topological polar surface area (TPSA) is 75.7 Å². The predicted molar refractivity (Wildman–Crippen MR) is 120 cm³/mol. The average Bonchev–Trinajstić information content (AvgIpc) is 2.82. The maximum atomic E-state index is 14.4. The van der Waals surface area contributed by atoms with Gasteiger partial charge in [0.05, 0.1) is 13.2 Å². The Kier molecular flexibility index (Phi) is 6.64. The second-order valence-electron chi connectivity index (χ2n) is 7.44. The normalized spacial score (nSPS) is 14.8. The van der Waals surface area contributed by atoms with E-state index in [0.29, 0.717) is 12.0 Å². The van der Waals surface area contributed by atoms with E-state index in [9.17, 15) is 17.6 Å². The molecule has 1 N–H and O–H groups in total. The van der Waals surface area contributed by atoms with Crippen molar-refractivity contribution in [2.75, 3.05) is 31.6 Å². The monoisotopic (exact) mass is 454 g/mol. The van der Waals surface area contributed by atoms with E-state index in [1.54, 1.807) is 12.1 Å². The maximum absolute atomic E-state index is 14.4. The molecular formula is C24H23FN2O4S. The lowest BCUT2D eigenvalue weighted by Crippen LogP contribution is -2.40. The number of anilines is 1. The van der Waals surface area contributed by atoms with Crippen LogP contribution in [0.5, 0.6) is 0 Å². The lowest BCUT2D eigenvalue weighted by atomic mass is 9.99. The summed E-state index contributed by atoms with van der Waals surface area (Å²) in [5.41, 5.74) is 2.57. The summed E-state index contributed by atoms with van der Waals surface area (Å²) in [5, 5.41) is 2.71. The van der Waals surface area contributed by atoms with Crippen molar-refractivity contribution in [3.63, 3.8) is 0 Å². The number of nitrogens with zero attached hydrogens (tertiary/aromatic N) is 1. The lowest BCUT2D eigenvalue weighted by Gasteiger charge is -2.26. The quantitative estimate of drug-likeness (QED) is 0.617. The first-order chi connectivity index (χ1) is 15.4. The molecule has 1 amide bonds. The molecule has 6 nitrogen and oxygen atoms in total. The van der Waals surface area contributed by atoms with Crippen molar-refractivity contribution in [1.82, 2.24) is 4.31 Å². The molecule has 0 bridgehead atoms. The minimum atomic E-state index is -4.04. The number of nitrogens with one attached hydrogen (secondary N) is 1. The van der Waals surface area contributed by atoms with Gasteiger partial charge in [-0.2, -0.15) is 4.31 Å². The van der Waals surface area contributed by atoms with E-state index in [4.69, 9.17) is 4.74 Å².